The van der Waals surface area contributed by atoms with E-state index in [9.17, 15) is 0 Å². The summed E-state index contributed by atoms with van der Waals surface area (Å²) in [5, 5.41) is 10.4. The Balaban J connectivity index is 2.14. The third kappa shape index (κ3) is 2.61. The second kappa shape index (κ2) is 5.00. The van der Waals surface area contributed by atoms with Gasteiger partial charge in [0.05, 0.1) is 0 Å². The van der Waals surface area contributed by atoms with Crippen LogP contribution in [0.3, 0.4) is 0 Å². The Bertz CT molecular complexity index is 411. The van der Waals surface area contributed by atoms with Crippen LogP contribution in [0.15, 0.2) is 30.3 Å². The van der Waals surface area contributed by atoms with Crippen molar-refractivity contribution in [3.8, 4) is 10.6 Å². The minimum absolute atomic E-state index is 0.709. The predicted octanol–water partition coefficient (Wildman–Crippen LogP) is 2.10. The number of nitrogens with zero attached hydrogens (tertiary/aromatic N) is 2. The van der Waals surface area contributed by atoms with E-state index in [2.05, 4.69) is 10.2 Å². The summed E-state index contributed by atoms with van der Waals surface area (Å²) in [6, 6.07) is 10.1. The molecular weight excluding hydrogens is 206 g/mol. The van der Waals surface area contributed by atoms with Crippen molar-refractivity contribution in [2.45, 2.75) is 12.8 Å². The van der Waals surface area contributed by atoms with Crippen molar-refractivity contribution >= 4 is 11.3 Å². The van der Waals surface area contributed by atoms with Crippen molar-refractivity contribution in [2.75, 3.05) is 6.54 Å². The molecule has 2 aromatic rings. The van der Waals surface area contributed by atoms with Gasteiger partial charge in [0.15, 0.2) is 0 Å². The zero-order valence-electron chi connectivity index (χ0n) is 8.39. The molecule has 0 saturated carbocycles. The quantitative estimate of drug-likeness (QED) is 0.856. The van der Waals surface area contributed by atoms with Crippen molar-refractivity contribution in [3.05, 3.63) is 35.3 Å². The first-order valence-corrected chi connectivity index (χ1v) is 5.79. The molecule has 0 aliphatic rings. The van der Waals surface area contributed by atoms with Crippen molar-refractivity contribution in [3.63, 3.8) is 0 Å². The first kappa shape index (κ1) is 10.3. The van der Waals surface area contributed by atoms with E-state index in [1.54, 1.807) is 11.3 Å². The molecule has 2 N–H and O–H groups in total. The summed E-state index contributed by atoms with van der Waals surface area (Å²) >= 11 is 1.65. The van der Waals surface area contributed by atoms with Gasteiger partial charge < -0.3 is 5.73 Å². The largest absolute Gasteiger partial charge is 0.330 e. The highest BCUT2D eigenvalue weighted by Gasteiger charge is 2.05. The van der Waals surface area contributed by atoms with Crippen molar-refractivity contribution in [1.29, 1.82) is 0 Å². The summed E-state index contributed by atoms with van der Waals surface area (Å²) in [6.45, 7) is 0.709. The van der Waals surface area contributed by atoms with Gasteiger partial charge in [0.25, 0.3) is 0 Å². The van der Waals surface area contributed by atoms with Crippen molar-refractivity contribution < 1.29 is 0 Å². The van der Waals surface area contributed by atoms with E-state index in [1.165, 1.54) is 0 Å². The van der Waals surface area contributed by atoms with Crippen LogP contribution in [-0.4, -0.2) is 16.7 Å². The highest BCUT2D eigenvalue weighted by atomic mass is 32.1. The standard InChI is InChI=1S/C11H13N3S/c12-8-4-7-10-13-14-11(15-10)9-5-2-1-3-6-9/h1-3,5-6H,4,7-8,12H2. The number of aryl methyl sites for hydroxylation is 1. The normalized spacial score (nSPS) is 10.5. The van der Waals surface area contributed by atoms with Crippen LogP contribution in [0, 0.1) is 0 Å². The first-order valence-electron chi connectivity index (χ1n) is 4.98. The van der Waals surface area contributed by atoms with Gasteiger partial charge in [-0.15, -0.1) is 10.2 Å². The number of aromatic nitrogens is 2. The second-order valence-corrected chi connectivity index (χ2v) is 4.32. The monoisotopic (exact) mass is 219 g/mol. The molecule has 15 heavy (non-hydrogen) atoms. The van der Waals surface area contributed by atoms with E-state index in [-0.39, 0.29) is 0 Å². The summed E-state index contributed by atoms with van der Waals surface area (Å²) in [5.74, 6) is 0. The van der Waals surface area contributed by atoms with E-state index in [4.69, 9.17) is 5.73 Å². The fourth-order valence-corrected chi connectivity index (χ4v) is 2.19. The van der Waals surface area contributed by atoms with Gasteiger partial charge in [-0.05, 0) is 13.0 Å². The Morgan fingerprint density at radius 1 is 1.13 bits per heavy atom. The second-order valence-electron chi connectivity index (χ2n) is 3.26. The molecule has 0 spiro atoms. The molecule has 0 aliphatic heterocycles. The average molecular weight is 219 g/mol. The Kier molecular flexibility index (Phi) is 3.42. The van der Waals surface area contributed by atoms with Crippen LogP contribution in [0.4, 0.5) is 0 Å². The van der Waals surface area contributed by atoms with Gasteiger partial charge in [0.2, 0.25) is 0 Å². The highest BCUT2D eigenvalue weighted by Crippen LogP contribution is 2.23. The Hall–Kier alpha value is -1.26. The lowest BCUT2D eigenvalue weighted by atomic mass is 10.2. The first-order chi connectivity index (χ1) is 7.40. The summed E-state index contributed by atoms with van der Waals surface area (Å²) in [4.78, 5) is 0. The lowest BCUT2D eigenvalue weighted by Gasteiger charge is -1.92. The molecule has 0 radical (unpaired) electrons. The molecule has 0 fully saturated rings. The van der Waals surface area contributed by atoms with Gasteiger partial charge in [-0.1, -0.05) is 41.7 Å². The van der Waals surface area contributed by atoms with Gasteiger partial charge >= 0.3 is 0 Å². The highest BCUT2D eigenvalue weighted by molar-refractivity contribution is 7.14. The summed E-state index contributed by atoms with van der Waals surface area (Å²) in [6.07, 6.45) is 1.91. The average Bonchev–Trinajstić information content (AvgIpc) is 2.76. The molecule has 0 amide bonds. The molecule has 1 aromatic heterocycles. The topological polar surface area (TPSA) is 51.8 Å². The lowest BCUT2D eigenvalue weighted by Crippen LogP contribution is -1.99. The van der Waals surface area contributed by atoms with Crippen LogP contribution in [0.5, 0.6) is 0 Å². The zero-order chi connectivity index (χ0) is 10.5. The molecule has 0 aliphatic carbocycles. The molecule has 3 nitrogen and oxygen atoms in total. The minimum Gasteiger partial charge on any atom is -0.330 e. The molecule has 0 bridgehead atoms. The maximum atomic E-state index is 5.45. The number of rotatable bonds is 4. The van der Waals surface area contributed by atoms with Crippen LogP contribution < -0.4 is 5.73 Å². The van der Waals surface area contributed by atoms with Gasteiger partial charge in [-0.25, -0.2) is 0 Å². The van der Waals surface area contributed by atoms with Crippen LogP contribution in [-0.2, 0) is 6.42 Å². The van der Waals surface area contributed by atoms with E-state index >= 15 is 0 Å². The molecule has 1 aromatic carbocycles. The van der Waals surface area contributed by atoms with E-state index < -0.39 is 0 Å². The molecule has 78 valence electrons. The number of hydrogen-bond acceptors (Lipinski definition) is 4. The maximum absolute atomic E-state index is 5.45. The van der Waals surface area contributed by atoms with Gasteiger partial charge in [-0.2, -0.15) is 0 Å². The third-order valence-electron chi connectivity index (χ3n) is 2.08. The van der Waals surface area contributed by atoms with Crippen LogP contribution in [0.1, 0.15) is 11.4 Å². The van der Waals surface area contributed by atoms with Crippen LogP contribution in [0.2, 0.25) is 0 Å². The number of nitrogens with two attached hydrogens (primary N) is 1. The maximum Gasteiger partial charge on any atom is 0.147 e. The molecule has 1 heterocycles. The number of hydrogen-bond donors (Lipinski definition) is 1. The van der Waals surface area contributed by atoms with Crippen molar-refractivity contribution in [1.82, 2.24) is 10.2 Å². The molecule has 0 atom stereocenters. The smallest absolute Gasteiger partial charge is 0.147 e. The summed E-state index contributed by atoms with van der Waals surface area (Å²) in [7, 11) is 0. The zero-order valence-corrected chi connectivity index (χ0v) is 9.20. The van der Waals surface area contributed by atoms with Gasteiger partial charge in [-0.3, -0.25) is 0 Å². The molecule has 4 heteroatoms. The Morgan fingerprint density at radius 3 is 2.67 bits per heavy atom. The van der Waals surface area contributed by atoms with E-state index in [0.717, 1.165) is 28.4 Å². The predicted molar refractivity (Wildman–Crippen MR) is 62.7 cm³/mol. The van der Waals surface area contributed by atoms with Crippen LogP contribution >= 0.6 is 11.3 Å². The van der Waals surface area contributed by atoms with Gasteiger partial charge in [0.1, 0.15) is 10.0 Å². The van der Waals surface area contributed by atoms with E-state index in [0.29, 0.717) is 6.54 Å². The fraction of sp³-hybridized carbons (Fsp3) is 0.273. The Labute approximate surface area is 93.0 Å². The molecule has 0 saturated heterocycles. The number of benzene rings is 1. The van der Waals surface area contributed by atoms with Crippen molar-refractivity contribution in [2.24, 2.45) is 5.73 Å². The fourth-order valence-electron chi connectivity index (χ4n) is 1.31. The molecule has 0 unspecified atom stereocenters. The van der Waals surface area contributed by atoms with Gasteiger partial charge in [0, 0.05) is 12.0 Å². The summed E-state index contributed by atoms with van der Waals surface area (Å²) in [5.41, 5.74) is 6.58. The minimum atomic E-state index is 0.709. The lowest BCUT2D eigenvalue weighted by molar-refractivity contribution is 0.812. The SMILES string of the molecule is NCCCc1nnc(-c2ccccc2)s1. The molecule has 2 rings (SSSR count). The van der Waals surface area contributed by atoms with Crippen LogP contribution in [0.25, 0.3) is 10.6 Å². The summed E-state index contributed by atoms with van der Waals surface area (Å²) < 4.78 is 0. The molecular formula is C11H13N3S. The van der Waals surface area contributed by atoms with E-state index in [1.807, 2.05) is 30.3 Å². The third-order valence-corrected chi connectivity index (χ3v) is 3.11. The Morgan fingerprint density at radius 2 is 1.93 bits per heavy atom.